The van der Waals surface area contributed by atoms with Gasteiger partial charge in [-0.25, -0.2) is 9.40 Å². The third kappa shape index (κ3) is 3.05. The van der Waals surface area contributed by atoms with Crippen molar-refractivity contribution in [2.45, 2.75) is 38.3 Å². The van der Waals surface area contributed by atoms with Crippen molar-refractivity contribution in [3.8, 4) is 5.75 Å². The molecule has 0 amide bonds. The quantitative estimate of drug-likeness (QED) is 0.805. The molecule has 0 radical (unpaired) electrons. The van der Waals surface area contributed by atoms with Gasteiger partial charge in [0, 0.05) is 25.7 Å². The Morgan fingerprint density at radius 3 is 2.76 bits per heavy atom. The summed E-state index contributed by atoms with van der Waals surface area (Å²) in [6, 6.07) is 2.13. The van der Waals surface area contributed by atoms with Crippen LogP contribution in [0.2, 0.25) is 0 Å². The predicted molar refractivity (Wildman–Crippen MR) is 97.0 cm³/mol. The van der Waals surface area contributed by atoms with Crippen LogP contribution in [0.15, 0.2) is 6.07 Å². The largest absolute Gasteiger partial charge is 0.492 e. The number of methoxy groups -OCH3 is 1. The second-order valence-corrected chi connectivity index (χ2v) is 7.53. The fourth-order valence-electron chi connectivity index (χ4n) is 4.26. The number of hydrazine groups is 1. The zero-order valence-corrected chi connectivity index (χ0v) is 14.9. The fraction of sp³-hybridized carbons (Fsp3) is 0.667. The summed E-state index contributed by atoms with van der Waals surface area (Å²) in [4.78, 5) is 4.40. The first-order chi connectivity index (χ1) is 12.1. The number of nitrogens with zero attached hydrogens (tertiary/aromatic N) is 3. The molecule has 1 atom stereocenters. The van der Waals surface area contributed by atoms with Crippen molar-refractivity contribution >= 4 is 11.4 Å². The number of hydrogen-bond acceptors (Lipinski definition) is 6. The van der Waals surface area contributed by atoms with Crippen LogP contribution in [0.25, 0.3) is 0 Å². The summed E-state index contributed by atoms with van der Waals surface area (Å²) in [5.74, 6) is 6.92. The molecule has 2 heterocycles. The first kappa shape index (κ1) is 16.9. The molecule has 0 aromatic heterocycles. The van der Waals surface area contributed by atoms with Crippen molar-refractivity contribution in [2.75, 3.05) is 43.2 Å². The van der Waals surface area contributed by atoms with Crippen LogP contribution in [-0.2, 0) is 6.54 Å². The Balaban J connectivity index is 1.78. The molecule has 1 saturated heterocycles. The molecular formula is C18H28FN5O. The van der Waals surface area contributed by atoms with Gasteiger partial charge in [0.2, 0.25) is 0 Å². The van der Waals surface area contributed by atoms with Gasteiger partial charge >= 0.3 is 0 Å². The van der Waals surface area contributed by atoms with E-state index in [9.17, 15) is 0 Å². The monoisotopic (exact) mass is 349 g/mol. The van der Waals surface area contributed by atoms with Crippen LogP contribution < -0.4 is 26.1 Å². The maximum Gasteiger partial charge on any atom is 0.168 e. The van der Waals surface area contributed by atoms with Crippen molar-refractivity contribution < 1.29 is 9.13 Å². The first-order valence-electron chi connectivity index (χ1n) is 9.23. The van der Waals surface area contributed by atoms with Gasteiger partial charge in [0.15, 0.2) is 11.6 Å². The summed E-state index contributed by atoms with van der Waals surface area (Å²) < 4.78 is 20.9. The van der Waals surface area contributed by atoms with E-state index in [0.29, 0.717) is 43.2 Å². The van der Waals surface area contributed by atoms with Crippen LogP contribution in [-0.4, -0.2) is 44.5 Å². The van der Waals surface area contributed by atoms with Crippen LogP contribution >= 0.6 is 0 Å². The van der Waals surface area contributed by atoms with E-state index in [1.165, 1.54) is 0 Å². The van der Waals surface area contributed by atoms with Crippen molar-refractivity contribution in [2.24, 2.45) is 17.5 Å². The van der Waals surface area contributed by atoms with Crippen molar-refractivity contribution in [3.63, 3.8) is 0 Å². The van der Waals surface area contributed by atoms with Crippen molar-refractivity contribution in [1.29, 1.82) is 0 Å². The molecule has 25 heavy (non-hydrogen) atoms. The van der Waals surface area contributed by atoms with Crippen molar-refractivity contribution in [3.05, 3.63) is 17.4 Å². The van der Waals surface area contributed by atoms with Crippen LogP contribution in [0, 0.1) is 11.7 Å². The Labute approximate surface area is 148 Å². The Morgan fingerprint density at radius 2 is 2.08 bits per heavy atom. The van der Waals surface area contributed by atoms with E-state index in [1.807, 2.05) is 0 Å². The minimum Gasteiger partial charge on any atom is -0.492 e. The lowest BCUT2D eigenvalue weighted by Gasteiger charge is -2.40. The summed E-state index contributed by atoms with van der Waals surface area (Å²) in [7, 11) is 1.64. The molecule has 0 spiro atoms. The zero-order valence-electron chi connectivity index (χ0n) is 14.9. The molecule has 1 aromatic carbocycles. The lowest BCUT2D eigenvalue weighted by atomic mass is 9.96. The summed E-state index contributed by atoms with van der Waals surface area (Å²) >= 11 is 0. The highest BCUT2D eigenvalue weighted by atomic mass is 19.1. The van der Waals surface area contributed by atoms with E-state index in [0.717, 1.165) is 50.0 Å². The highest BCUT2D eigenvalue weighted by Crippen LogP contribution is 2.48. The Bertz CT molecular complexity index is 651. The van der Waals surface area contributed by atoms with Gasteiger partial charge in [-0.2, -0.15) is 0 Å². The number of hydrogen-bond donors (Lipinski definition) is 2. The third-order valence-corrected chi connectivity index (χ3v) is 5.62. The highest BCUT2D eigenvalue weighted by molar-refractivity contribution is 5.78. The molecule has 4 N–H and O–H groups in total. The Kier molecular flexibility index (Phi) is 4.47. The van der Waals surface area contributed by atoms with Gasteiger partial charge in [0.25, 0.3) is 0 Å². The SMILES string of the molecule is COc1c(N2CCCC(CN)C2)c(F)cc2c1N(C1CC1)CN(N)C2. The standard InChI is InChI=1S/C18H28FN5O/c1-25-18-16-13(10-23(21)11-24(16)14-4-5-14)7-15(19)17(18)22-6-2-3-12(8-20)9-22/h7,12,14H,2-6,8-11,20-21H2,1H3. The molecule has 1 aliphatic carbocycles. The third-order valence-electron chi connectivity index (χ3n) is 5.62. The lowest BCUT2D eigenvalue weighted by Crippen LogP contribution is -2.47. The maximum atomic E-state index is 15.1. The highest BCUT2D eigenvalue weighted by Gasteiger charge is 2.38. The summed E-state index contributed by atoms with van der Waals surface area (Å²) in [5.41, 5.74) is 8.40. The molecule has 1 aromatic rings. The number of piperidine rings is 1. The average molecular weight is 349 g/mol. The molecule has 2 aliphatic heterocycles. The van der Waals surface area contributed by atoms with E-state index in [1.54, 1.807) is 18.2 Å². The molecule has 6 nitrogen and oxygen atoms in total. The first-order valence-corrected chi connectivity index (χ1v) is 9.23. The summed E-state index contributed by atoms with van der Waals surface area (Å²) in [6.45, 7) is 3.47. The molecule has 1 saturated carbocycles. The van der Waals surface area contributed by atoms with Crippen molar-refractivity contribution in [1.82, 2.24) is 5.01 Å². The molecule has 7 heteroatoms. The Morgan fingerprint density at radius 1 is 1.28 bits per heavy atom. The summed E-state index contributed by atoms with van der Waals surface area (Å²) in [6.07, 6.45) is 4.45. The van der Waals surface area contributed by atoms with Gasteiger partial charge in [-0.3, -0.25) is 5.84 Å². The molecule has 138 valence electrons. The molecule has 4 rings (SSSR count). The van der Waals surface area contributed by atoms with Gasteiger partial charge in [-0.1, -0.05) is 0 Å². The minimum atomic E-state index is -0.223. The average Bonchev–Trinajstić information content (AvgIpc) is 3.44. The van der Waals surface area contributed by atoms with Crippen LogP contribution in [0.4, 0.5) is 15.8 Å². The van der Waals surface area contributed by atoms with Gasteiger partial charge < -0.3 is 20.3 Å². The number of rotatable bonds is 4. The number of halogens is 1. The number of fused-ring (bicyclic) bond motifs is 1. The second-order valence-electron chi connectivity index (χ2n) is 7.53. The van der Waals surface area contributed by atoms with Gasteiger partial charge in [0.05, 0.1) is 19.5 Å². The molecule has 3 aliphatic rings. The number of benzene rings is 1. The number of nitrogens with two attached hydrogens (primary N) is 2. The van der Waals surface area contributed by atoms with E-state index in [2.05, 4.69) is 9.80 Å². The van der Waals surface area contributed by atoms with Gasteiger partial charge in [0.1, 0.15) is 5.69 Å². The smallest absolute Gasteiger partial charge is 0.168 e. The second kappa shape index (κ2) is 6.63. The fourth-order valence-corrected chi connectivity index (χ4v) is 4.26. The van der Waals surface area contributed by atoms with Gasteiger partial charge in [-0.15, -0.1) is 0 Å². The van der Waals surface area contributed by atoms with Crippen LogP contribution in [0.5, 0.6) is 5.75 Å². The predicted octanol–water partition coefficient (Wildman–Crippen LogP) is 1.63. The molecule has 2 fully saturated rings. The van der Waals surface area contributed by atoms with E-state index in [-0.39, 0.29) is 5.82 Å². The minimum absolute atomic E-state index is 0.223. The van der Waals surface area contributed by atoms with E-state index >= 15 is 4.39 Å². The number of ether oxygens (including phenoxy) is 1. The lowest BCUT2D eigenvalue weighted by molar-refractivity contribution is 0.255. The molecule has 0 bridgehead atoms. The normalized spacial score (nSPS) is 24.4. The van der Waals surface area contributed by atoms with Crippen LogP contribution in [0.1, 0.15) is 31.2 Å². The molecule has 1 unspecified atom stereocenters. The Hall–Kier alpha value is -1.57. The van der Waals surface area contributed by atoms with E-state index < -0.39 is 0 Å². The van der Waals surface area contributed by atoms with Gasteiger partial charge in [-0.05, 0) is 49.8 Å². The zero-order chi connectivity index (χ0) is 17.6. The number of anilines is 2. The topological polar surface area (TPSA) is 71.0 Å². The molecular weight excluding hydrogens is 321 g/mol. The van der Waals surface area contributed by atoms with Crippen LogP contribution in [0.3, 0.4) is 0 Å². The van der Waals surface area contributed by atoms with E-state index in [4.69, 9.17) is 16.3 Å². The summed E-state index contributed by atoms with van der Waals surface area (Å²) in [5, 5.41) is 1.74. The maximum absolute atomic E-state index is 15.1.